The van der Waals surface area contributed by atoms with Crippen LogP contribution in [-0.2, 0) is 0 Å². The second-order valence-corrected chi connectivity index (χ2v) is 4.89. The van der Waals surface area contributed by atoms with E-state index in [-0.39, 0.29) is 17.8 Å². The van der Waals surface area contributed by atoms with Crippen LogP contribution >= 0.6 is 0 Å². The van der Waals surface area contributed by atoms with Crippen molar-refractivity contribution < 1.29 is 9.18 Å². The monoisotopic (exact) mass is 265 g/mol. The minimum atomic E-state index is -0.384. The SMILES string of the molecule is NCCN1CCC(NC(=O)c2cccc(F)c2)CC1. The molecule has 0 spiro atoms. The number of nitrogens with zero attached hydrogens (tertiary/aromatic N) is 1. The number of hydrogen-bond acceptors (Lipinski definition) is 3. The fourth-order valence-corrected chi connectivity index (χ4v) is 2.38. The fourth-order valence-electron chi connectivity index (χ4n) is 2.38. The van der Waals surface area contributed by atoms with Crippen LogP contribution in [0.3, 0.4) is 0 Å². The van der Waals surface area contributed by atoms with E-state index >= 15 is 0 Å². The zero-order valence-corrected chi connectivity index (χ0v) is 10.9. The zero-order valence-electron chi connectivity index (χ0n) is 10.9. The smallest absolute Gasteiger partial charge is 0.251 e. The van der Waals surface area contributed by atoms with Crippen molar-refractivity contribution in [2.75, 3.05) is 26.2 Å². The molecule has 0 bridgehead atoms. The standard InChI is InChI=1S/C14H20FN3O/c15-12-3-1-2-11(10-12)14(19)17-13-4-7-18(8-5-13)9-6-16/h1-3,10,13H,4-9,16H2,(H,17,19). The number of carbonyl (C=O) groups excluding carboxylic acids is 1. The van der Waals surface area contributed by atoms with Crippen LogP contribution in [-0.4, -0.2) is 43.0 Å². The Bertz CT molecular complexity index is 430. The van der Waals surface area contributed by atoms with Crippen LogP contribution in [0.15, 0.2) is 24.3 Å². The minimum Gasteiger partial charge on any atom is -0.349 e. The molecule has 4 nitrogen and oxygen atoms in total. The van der Waals surface area contributed by atoms with E-state index in [0.29, 0.717) is 12.1 Å². The molecule has 2 rings (SSSR count). The van der Waals surface area contributed by atoms with Gasteiger partial charge in [-0.15, -0.1) is 0 Å². The van der Waals surface area contributed by atoms with Gasteiger partial charge in [0.1, 0.15) is 5.82 Å². The van der Waals surface area contributed by atoms with Gasteiger partial charge in [0.15, 0.2) is 0 Å². The number of nitrogens with two attached hydrogens (primary N) is 1. The van der Waals surface area contributed by atoms with Gasteiger partial charge < -0.3 is 16.0 Å². The number of amides is 1. The Kier molecular flexibility index (Phi) is 4.87. The molecule has 0 aliphatic carbocycles. The highest BCUT2D eigenvalue weighted by atomic mass is 19.1. The first-order chi connectivity index (χ1) is 9.19. The van der Waals surface area contributed by atoms with Crippen LogP contribution in [0, 0.1) is 5.82 Å². The van der Waals surface area contributed by atoms with Gasteiger partial charge in [-0.05, 0) is 31.0 Å². The summed E-state index contributed by atoms with van der Waals surface area (Å²) in [6.07, 6.45) is 1.84. The fraction of sp³-hybridized carbons (Fsp3) is 0.500. The first-order valence-corrected chi connectivity index (χ1v) is 6.68. The highest BCUT2D eigenvalue weighted by molar-refractivity contribution is 5.94. The first kappa shape index (κ1) is 14.0. The maximum Gasteiger partial charge on any atom is 0.251 e. The zero-order chi connectivity index (χ0) is 13.7. The van der Waals surface area contributed by atoms with E-state index in [4.69, 9.17) is 5.73 Å². The molecule has 1 aromatic carbocycles. The second-order valence-electron chi connectivity index (χ2n) is 4.89. The van der Waals surface area contributed by atoms with E-state index < -0.39 is 0 Å². The lowest BCUT2D eigenvalue weighted by molar-refractivity contribution is 0.0911. The van der Waals surface area contributed by atoms with Crippen molar-refractivity contribution in [3.63, 3.8) is 0 Å². The number of piperidine rings is 1. The Morgan fingerprint density at radius 1 is 1.42 bits per heavy atom. The third-order valence-corrected chi connectivity index (χ3v) is 3.45. The quantitative estimate of drug-likeness (QED) is 0.853. The van der Waals surface area contributed by atoms with Gasteiger partial charge in [0.05, 0.1) is 0 Å². The summed E-state index contributed by atoms with van der Waals surface area (Å²) < 4.78 is 13.0. The Balaban J connectivity index is 1.84. The average molecular weight is 265 g/mol. The molecule has 104 valence electrons. The van der Waals surface area contributed by atoms with Crippen molar-refractivity contribution in [1.82, 2.24) is 10.2 Å². The van der Waals surface area contributed by atoms with E-state index in [9.17, 15) is 9.18 Å². The Morgan fingerprint density at radius 3 is 2.79 bits per heavy atom. The maximum absolute atomic E-state index is 13.0. The molecule has 1 saturated heterocycles. The second kappa shape index (κ2) is 6.63. The molecular weight excluding hydrogens is 245 g/mol. The lowest BCUT2D eigenvalue weighted by Gasteiger charge is -2.32. The predicted molar refractivity (Wildman–Crippen MR) is 72.4 cm³/mol. The Labute approximate surface area is 112 Å². The molecule has 19 heavy (non-hydrogen) atoms. The van der Waals surface area contributed by atoms with Gasteiger partial charge in [0.2, 0.25) is 0 Å². The molecule has 1 aromatic rings. The summed E-state index contributed by atoms with van der Waals surface area (Å²) >= 11 is 0. The number of rotatable bonds is 4. The van der Waals surface area contributed by atoms with E-state index in [2.05, 4.69) is 10.2 Å². The highest BCUT2D eigenvalue weighted by Gasteiger charge is 2.20. The molecule has 1 amide bonds. The van der Waals surface area contributed by atoms with Crippen molar-refractivity contribution in [2.45, 2.75) is 18.9 Å². The lowest BCUT2D eigenvalue weighted by atomic mass is 10.0. The molecule has 3 N–H and O–H groups in total. The molecule has 0 unspecified atom stereocenters. The number of nitrogens with one attached hydrogen (secondary N) is 1. The van der Waals surface area contributed by atoms with E-state index in [1.807, 2.05) is 0 Å². The number of likely N-dealkylation sites (tertiary alicyclic amines) is 1. The number of carbonyl (C=O) groups is 1. The third kappa shape index (κ3) is 4.01. The minimum absolute atomic E-state index is 0.171. The lowest BCUT2D eigenvalue weighted by Crippen LogP contribution is -2.45. The molecule has 5 heteroatoms. The summed E-state index contributed by atoms with van der Waals surface area (Å²) in [6, 6.07) is 5.95. The Morgan fingerprint density at radius 2 is 2.16 bits per heavy atom. The van der Waals surface area contributed by atoms with Crippen molar-refractivity contribution >= 4 is 5.91 Å². The summed E-state index contributed by atoms with van der Waals surface area (Å²) in [5.74, 6) is -0.581. The maximum atomic E-state index is 13.0. The van der Waals surface area contributed by atoms with Crippen LogP contribution < -0.4 is 11.1 Å². The average Bonchev–Trinajstić information content (AvgIpc) is 2.41. The van der Waals surface area contributed by atoms with Crippen LogP contribution in [0.2, 0.25) is 0 Å². The molecule has 0 radical (unpaired) electrons. The molecule has 1 heterocycles. The highest BCUT2D eigenvalue weighted by Crippen LogP contribution is 2.11. The van der Waals surface area contributed by atoms with Crippen LogP contribution in [0.4, 0.5) is 4.39 Å². The largest absolute Gasteiger partial charge is 0.349 e. The van der Waals surface area contributed by atoms with Gasteiger partial charge in [-0.1, -0.05) is 6.07 Å². The molecule has 1 aliphatic rings. The van der Waals surface area contributed by atoms with Crippen LogP contribution in [0.1, 0.15) is 23.2 Å². The molecule has 1 aliphatic heterocycles. The summed E-state index contributed by atoms with van der Waals surface area (Å²) in [5, 5.41) is 2.96. The molecule has 0 atom stereocenters. The number of hydrogen-bond donors (Lipinski definition) is 2. The van der Waals surface area contributed by atoms with Crippen LogP contribution in [0.5, 0.6) is 0 Å². The first-order valence-electron chi connectivity index (χ1n) is 6.68. The third-order valence-electron chi connectivity index (χ3n) is 3.45. The van der Waals surface area contributed by atoms with E-state index in [1.165, 1.54) is 12.1 Å². The van der Waals surface area contributed by atoms with Crippen molar-refractivity contribution in [2.24, 2.45) is 5.73 Å². The van der Waals surface area contributed by atoms with Crippen molar-refractivity contribution in [3.05, 3.63) is 35.6 Å². The summed E-state index contributed by atoms with van der Waals surface area (Å²) in [6.45, 7) is 3.47. The molecule has 0 saturated carbocycles. The van der Waals surface area contributed by atoms with E-state index in [1.54, 1.807) is 12.1 Å². The topological polar surface area (TPSA) is 58.4 Å². The van der Waals surface area contributed by atoms with Gasteiger partial charge in [-0.3, -0.25) is 4.79 Å². The van der Waals surface area contributed by atoms with Gasteiger partial charge in [0, 0.05) is 37.8 Å². The van der Waals surface area contributed by atoms with Gasteiger partial charge >= 0.3 is 0 Å². The van der Waals surface area contributed by atoms with Crippen molar-refractivity contribution in [3.8, 4) is 0 Å². The van der Waals surface area contributed by atoms with Gasteiger partial charge in [-0.2, -0.15) is 0 Å². The number of halogens is 1. The summed E-state index contributed by atoms with van der Waals surface area (Å²) in [4.78, 5) is 14.3. The predicted octanol–water partition coefficient (Wildman–Crippen LogP) is 0.979. The molecule has 0 aromatic heterocycles. The van der Waals surface area contributed by atoms with Gasteiger partial charge in [-0.25, -0.2) is 4.39 Å². The molecular formula is C14H20FN3O. The summed E-state index contributed by atoms with van der Waals surface area (Å²) in [7, 11) is 0. The van der Waals surface area contributed by atoms with Crippen molar-refractivity contribution in [1.29, 1.82) is 0 Å². The molecule has 1 fully saturated rings. The normalized spacial score (nSPS) is 17.4. The van der Waals surface area contributed by atoms with Crippen LogP contribution in [0.25, 0.3) is 0 Å². The Hall–Kier alpha value is -1.46. The summed E-state index contributed by atoms with van der Waals surface area (Å²) in [5.41, 5.74) is 5.90. The van der Waals surface area contributed by atoms with Gasteiger partial charge in [0.25, 0.3) is 5.91 Å². The van der Waals surface area contributed by atoms with E-state index in [0.717, 1.165) is 32.5 Å². The number of benzene rings is 1.